The predicted molar refractivity (Wildman–Crippen MR) is 141 cm³/mol. The van der Waals surface area contributed by atoms with Gasteiger partial charge in [0.05, 0.1) is 10.9 Å². The first-order valence-corrected chi connectivity index (χ1v) is 14.2. The summed E-state index contributed by atoms with van der Waals surface area (Å²) < 4.78 is 42.2. The van der Waals surface area contributed by atoms with Crippen LogP contribution in [0.1, 0.15) is 39.5 Å². The zero-order valence-corrected chi connectivity index (χ0v) is 23.2. The minimum absolute atomic E-state index is 0.00170. The Morgan fingerprint density at radius 2 is 1.86 bits per heavy atom. The molecule has 14 heteroatoms. The maximum atomic E-state index is 13.5. The van der Waals surface area contributed by atoms with Crippen molar-refractivity contribution in [3.63, 3.8) is 0 Å². The van der Waals surface area contributed by atoms with Gasteiger partial charge in [0.15, 0.2) is 11.7 Å². The number of halogens is 2. The fourth-order valence-corrected chi connectivity index (χ4v) is 5.58. The van der Waals surface area contributed by atoms with Crippen LogP contribution in [0.4, 0.5) is 4.39 Å². The molecule has 1 aromatic rings. The molecule has 1 unspecified atom stereocenters. The Morgan fingerprint density at radius 1 is 1.22 bits per heavy atom. The molecule has 0 saturated carbocycles. The number of alkyl halides is 1. The van der Waals surface area contributed by atoms with Crippen molar-refractivity contribution in [2.24, 2.45) is 22.4 Å². The van der Waals surface area contributed by atoms with Crippen LogP contribution < -0.4 is 21.5 Å². The van der Waals surface area contributed by atoms with E-state index in [4.69, 9.17) is 11.5 Å². The number of hydrogen-bond acceptors (Lipinski definition) is 6. The second-order valence-corrected chi connectivity index (χ2v) is 11.7. The Kier molecular flexibility index (Phi) is 11.4. The highest BCUT2D eigenvalue weighted by Gasteiger charge is 2.40. The number of rotatable bonds is 13. The third-order valence-electron chi connectivity index (χ3n) is 5.96. The minimum atomic E-state index is -4.02. The van der Waals surface area contributed by atoms with Gasteiger partial charge in [0.25, 0.3) is 0 Å². The van der Waals surface area contributed by atoms with Gasteiger partial charge in [-0.25, -0.2) is 12.8 Å². The van der Waals surface area contributed by atoms with E-state index in [1.54, 1.807) is 26.0 Å². The Morgan fingerprint density at radius 3 is 2.43 bits per heavy atom. The van der Waals surface area contributed by atoms with Crippen molar-refractivity contribution in [3.8, 4) is 0 Å². The predicted octanol–water partition coefficient (Wildman–Crippen LogP) is 0.820. The second-order valence-electron chi connectivity index (χ2n) is 9.10. The van der Waals surface area contributed by atoms with E-state index in [-0.39, 0.29) is 30.4 Å². The van der Waals surface area contributed by atoms with E-state index in [1.165, 1.54) is 17.0 Å². The highest BCUT2D eigenvalue weighted by atomic mass is 79.9. The molecule has 0 bridgehead atoms. The number of sulfonamides is 1. The molecule has 0 radical (unpaired) electrons. The Balaban J connectivity index is 2.15. The first-order chi connectivity index (χ1) is 17.4. The first-order valence-electron chi connectivity index (χ1n) is 11.9. The van der Waals surface area contributed by atoms with Crippen LogP contribution in [-0.2, 0) is 24.4 Å². The number of hydrogen-bond donors (Lipinski definition) is 4. The van der Waals surface area contributed by atoms with Crippen LogP contribution in [0.5, 0.6) is 0 Å². The van der Waals surface area contributed by atoms with Crippen LogP contribution >= 0.6 is 15.9 Å². The van der Waals surface area contributed by atoms with Crippen molar-refractivity contribution in [1.82, 2.24) is 14.9 Å². The van der Waals surface area contributed by atoms with E-state index in [0.717, 1.165) is 0 Å². The van der Waals surface area contributed by atoms with Gasteiger partial charge < -0.3 is 21.7 Å². The van der Waals surface area contributed by atoms with Gasteiger partial charge >= 0.3 is 0 Å². The van der Waals surface area contributed by atoms with E-state index >= 15 is 0 Å². The summed E-state index contributed by atoms with van der Waals surface area (Å²) in [6.07, 6.45) is 1.29. The van der Waals surface area contributed by atoms with E-state index in [0.29, 0.717) is 23.7 Å². The number of carbonyl (C=O) groups excluding carboxylic acids is 3. The summed E-state index contributed by atoms with van der Waals surface area (Å²) in [6, 6.07) is 2.84. The highest BCUT2D eigenvalue weighted by Crippen LogP contribution is 2.22. The third-order valence-corrected chi connectivity index (χ3v) is 7.95. The Labute approximate surface area is 224 Å². The summed E-state index contributed by atoms with van der Waals surface area (Å²) >= 11 is 3.26. The van der Waals surface area contributed by atoms with Crippen molar-refractivity contribution in [3.05, 3.63) is 28.7 Å². The molecule has 2 rings (SSSR count). The fraction of sp³-hybridized carbons (Fsp3) is 0.565. The molecule has 1 fully saturated rings. The molecular formula is C23H34BrFN6O5S. The SMILES string of the molecule is CC(C)C(NS(=O)(=O)c1ccc(Br)cc1)C(=O)N1CCC[C@H]1C(=O)N[C@@H](CCCN=C(N)N)C(=O)CF. The maximum Gasteiger partial charge on any atom is 0.243 e. The van der Waals surface area contributed by atoms with Crippen molar-refractivity contribution in [2.45, 2.75) is 62.6 Å². The normalized spacial score (nSPS) is 17.3. The molecule has 1 aliphatic rings. The average molecular weight is 606 g/mol. The summed E-state index contributed by atoms with van der Waals surface area (Å²) in [7, 11) is -4.02. The Hall–Kier alpha value is -2.58. The van der Waals surface area contributed by atoms with E-state index in [9.17, 15) is 27.2 Å². The number of amides is 2. The van der Waals surface area contributed by atoms with Gasteiger partial charge in [0.2, 0.25) is 21.8 Å². The van der Waals surface area contributed by atoms with E-state index in [1.807, 2.05) is 0 Å². The molecule has 37 heavy (non-hydrogen) atoms. The number of aliphatic imine (C=N–C) groups is 1. The lowest BCUT2D eigenvalue weighted by atomic mass is 10.0. The number of likely N-dealkylation sites (tertiary alicyclic amines) is 1. The molecule has 1 saturated heterocycles. The summed E-state index contributed by atoms with van der Waals surface area (Å²) in [6.45, 7) is 2.59. The molecule has 1 aromatic carbocycles. The lowest BCUT2D eigenvalue weighted by Crippen LogP contribution is -2.56. The van der Waals surface area contributed by atoms with Crippen molar-refractivity contribution >= 4 is 49.5 Å². The second kappa shape index (κ2) is 13.8. The topological polar surface area (TPSA) is 177 Å². The number of Topliss-reactive ketones (excluding diaryl/α,β-unsaturated/α-hetero) is 1. The van der Waals surface area contributed by atoms with Gasteiger partial charge in [0, 0.05) is 17.6 Å². The summed E-state index contributed by atoms with van der Waals surface area (Å²) in [5.41, 5.74) is 10.5. The lowest BCUT2D eigenvalue weighted by molar-refractivity contribution is -0.141. The van der Waals surface area contributed by atoms with Gasteiger partial charge in [-0.3, -0.25) is 19.4 Å². The van der Waals surface area contributed by atoms with Crippen molar-refractivity contribution in [1.29, 1.82) is 0 Å². The first kappa shape index (κ1) is 30.6. The molecule has 1 heterocycles. The summed E-state index contributed by atoms with van der Waals surface area (Å²) in [4.78, 5) is 43.7. The minimum Gasteiger partial charge on any atom is -0.370 e. The molecule has 1 aliphatic heterocycles. The van der Waals surface area contributed by atoms with Gasteiger partial charge in [-0.1, -0.05) is 29.8 Å². The molecule has 206 valence electrons. The number of nitrogens with one attached hydrogen (secondary N) is 2. The molecule has 0 aromatic heterocycles. The number of ketones is 1. The molecule has 2 amide bonds. The largest absolute Gasteiger partial charge is 0.370 e. The molecule has 0 spiro atoms. The van der Waals surface area contributed by atoms with Crippen LogP contribution in [0, 0.1) is 5.92 Å². The number of guanidine groups is 1. The van der Waals surface area contributed by atoms with Crippen molar-refractivity contribution < 1.29 is 27.2 Å². The van der Waals surface area contributed by atoms with Crippen LogP contribution in [0.3, 0.4) is 0 Å². The van der Waals surface area contributed by atoms with Gasteiger partial charge in [-0.2, -0.15) is 4.72 Å². The van der Waals surface area contributed by atoms with Gasteiger partial charge in [-0.15, -0.1) is 0 Å². The zero-order chi connectivity index (χ0) is 27.8. The smallest absolute Gasteiger partial charge is 0.243 e. The number of nitrogens with two attached hydrogens (primary N) is 2. The monoisotopic (exact) mass is 604 g/mol. The highest BCUT2D eigenvalue weighted by molar-refractivity contribution is 9.10. The molecule has 11 nitrogen and oxygen atoms in total. The number of carbonyl (C=O) groups is 3. The van der Waals surface area contributed by atoms with E-state index in [2.05, 4.69) is 31.0 Å². The summed E-state index contributed by atoms with van der Waals surface area (Å²) in [5, 5.41) is 2.55. The van der Waals surface area contributed by atoms with Crippen LogP contribution in [0.2, 0.25) is 0 Å². The van der Waals surface area contributed by atoms with E-state index < -0.39 is 58.3 Å². The molecule has 0 aliphatic carbocycles. The Bertz CT molecular complexity index is 1100. The fourth-order valence-electron chi connectivity index (χ4n) is 3.98. The molecule has 6 N–H and O–H groups in total. The molecular weight excluding hydrogens is 571 g/mol. The average Bonchev–Trinajstić information content (AvgIpc) is 3.33. The maximum absolute atomic E-state index is 13.5. The lowest BCUT2D eigenvalue weighted by Gasteiger charge is -2.31. The quantitative estimate of drug-likeness (QED) is 0.146. The number of nitrogens with zero attached hydrogens (tertiary/aromatic N) is 2. The standard InChI is InChI=1S/C23H34BrFN6O5S/c1-14(2)20(30-37(35,36)16-9-7-15(24)8-10-16)22(34)31-12-4-6-18(31)21(33)29-17(19(32)13-25)5-3-11-28-23(26)27/h7-10,14,17-18,20,30H,3-6,11-13H2,1-2H3,(H,29,33)(H4,26,27,28)/t17-,18-,20?/m0/s1. The van der Waals surface area contributed by atoms with Crippen molar-refractivity contribution in [2.75, 3.05) is 19.8 Å². The number of benzene rings is 1. The van der Waals surface area contributed by atoms with Crippen LogP contribution in [0.25, 0.3) is 0 Å². The third kappa shape index (κ3) is 8.75. The zero-order valence-electron chi connectivity index (χ0n) is 20.8. The van der Waals surface area contributed by atoms with Gasteiger partial charge in [0.1, 0.15) is 18.8 Å². The summed E-state index contributed by atoms with van der Waals surface area (Å²) in [5.74, 6) is -2.48. The van der Waals surface area contributed by atoms with Gasteiger partial charge in [-0.05, 0) is 55.9 Å². The van der Waals surface area contributed by atoms with Crippen LogP contribution in [-0.4, -0.2) is 74.8 Å². The van der Waals surface area contributed by atoms with Crippen LogP contribution in [0.15, 0.2) is 38.6 Å². The molecule has 3 atom stereocenters.